The second-order valence-electron chi connectivity index (χ2n) is 2.22. The van der Waals surface area contributed by atoms with Crippen LogP contribution in [0, 0.1) is 0 Å². The lowest BCUT2D eigenvalue weighted by Crippen LogP contribution is -2.33. The third-order valence-corrected chi connectivity index (χ3v) is 1.40. The topological polar surface area (TPSA) is 69.6 Å². The van der Waals surface area contributed by atoms with Gasteiger partial charge in [-0.3, -0.25) is 0 Å². The molecule has 1 unspecified atom stereocenters. The van der Waals surface area contributed by atoms with Crippen LogP contribution in [0.2, 0.25) is 0 Å². The number of nitrogens with zero attached hydrogens (tertiary/aromatic N) is 1. The Bertz CT molecular complexity index is 180. The molecule has 5 nitrogen and oxygen atoms in total. The minimum absolute atomic E-state index is 0.244. The fraction of sp³-hybridized carbons (Fsp3) is 0.600. The second kappa shape index (κ2) is 2.17. The van der Waals surface area contributed by atoms with Crippen LogP contribution in [0.25, 0.3) is 0 Å². The van der Waals surface area contributed by atoms with Crippen molar-refractivity contribution in [3.63, 3.8) is 0 Å². The molecule has 0 saturated carbocycles. The molecule has 1 atom stereocenters. The molecule has 0 aliphatic carbocycles. The Morgan fingerprint density at radius 2 is 2.50 bits per heavy atom. The number of rotatable bonds is 1. The maximum atomic E-state index is 10.6. The Labute approximate surface area is 57.6 Å². The summed E-state index contributed by atoms with van der Waals surface area (Å²) in [6.07, 6.45) is 0. The van der Waals surface area contributed by atoms with E-state index in [4.69, 9.17) is 5.11 Å². The summed E-state index contributed by atoms with van der Waals surface area (Å²) in [5, 5.41) is 10.7. The predicted molar refractivity (Wildman–Crippen MR) is 32.6 cm³/mol. The number of aliphatic carboxylic acids is 1. The number of urea groups is 1. The van der Waals surface area contributed by atoms with E-state index in [1.54, 1.807) is 7.05 Å². The van der Waals surface area contributed by atoms with Crippen LogP contribution in [0.4, 0.5) is 4.79 Å². The maximum absolute atomic E-state index is 10.6. The molecule has 56 valence electrons. The summed E-state index contributed by atoms with van der Waals surface area (Å²) < 4.78 is 0. The number of hydrogen-bond donors (Lipinski definition) is 2. The van der Waals surface area contributed by atoms with Crippen molar-refractivity contribution in [2.45, 2.75) is 6.04 Å². The van der Waals surface area contributed by atoms with Crippen LogP contribution in [0.5, 0.6) is 0 Å². The van der Waals surface area contributed by atoms with Gasteiger partial charge in [-0.05, 0) is 0 Å². The fourth-order valence-corrected chi connectivity index (χ4v) is 0.801. The van der Waals surface area contributed by atoms with Crippen molar-refractivity contribution in [2.75, 3.05) is 13.6 Å². The van der Waals surface area contributed by atoms with Crippen LogP contribution >= 0.6 is 0 Å². The van der Waals surface area contributed by atoms with Gasteiger partial charge < -0.3 is 15.3 Å². The third-order valence-electron chi connectivity index (χ3n) is 1.40. The standard InChI is InChI=1S/C5H8N2O3/c1-7-2-3(4(8)9)6-5(7)10/h3H,2H2,1H3,(H,6,10)(H,8,9). The van der Waals surface area contributed by atoms with E-state index in [-0.39, 0.29) is 12.6 Å². The summed E-state index contributed by atoms with van der Waals surface area (Å²) in [6, 6.07) is -1.06. The Kier molecular flexibility index (Phi) is 1.48. The van der Waals surface area contributed by atoms with E-state index in [1.165, 1.54) is 4.90 Å². The summed E-state index contributed by atoms with van der Waals surface area (Å²) >= 11 is 0. The van der Waals surface area contributed by atoms with Gasteiger partial charge in [-0.2, -0.15) is 0 Å². The highest BCUT2D eigenvalue weighted by molar-refractivity contribution is 5.86. The van der Waals surface area contributed by atoms with Crippen LogP contribution in [0.3, 0.4) is 0 Å². The zero-order valence-electron chi connectivity index (χ0n) is 5.50. The highest BCUT2D eigenvalue weighted by Gasteiger charge is 2.30. The summed E-state index contributed by atoms with van der Waals surface area (Å²) in [7, 11) is 1.55. The third kappa shape index (κ3) is 1.02. The summed E-state index contributed by atoms with van der Waals surface area (Å²) in [5.74, 6) is -0.988. The van der Waals surface area contributed by atoms with Gasteiger partial charge in [0.05, 0.1) is 6.54 Å². The van der Waals surface area contributed by atoms with E-state index in [2.05, 4.69) is 5.32 Å². The van der Waals surface area contributed by atoms with Crippen LogP contribution < -0.4 is 5.32 Å². The molecule has 1 aliphatic heterocycles. The number of hydrogen-bond acceptors (Lipinski definition) is 2. The van der Waals surface area contributed by atoms with E-state index in [0.29, 0.717) is 0 Å². The Morgan fingerprint density at radius 3 is 2.70 bits per heavy atom. The van der Waals surface area contributed by atoms with Crippen LogP contribution in [-0.4, -0.2) is 41.6 Å². The first-order valence-electron chi connectivity index (χ1n) is 2.85. The van der Waals surface area contributed by atoms with E-state index in [9.17, 15) is 9.59 Å². The first kappa shape index (κ1) is 6.85. The van der Waals surface area contributed by atoms with Gasteiger partial charge >= 0.3 is 12.0 Å². The maximum Gasteiger partial charge on any atom is 0.328 e. The second-order valence-corrected chi connectivity index (χ2v) is 2.22. The highest BCUT2D eigenvalue weighted by Crippen LogP contribution is 1.99. The number of nitrogens with one attached hydrogen (secondary N) is 1. The van der Waals surface area contributed by atoms with Gasteiger partial charge in [0.15, 0.2) is 0 Å². The van der Waals surface area contributed by atoms with Gasteiger partial charge in [-0.1, -0.05) is 0 Å². The van der Waals surface area contributed by atoms with Crippen molar-refractivity contribution in [3.8, 4) is 0 Å². The molecule has 2 amide bonds. The van der Waals surface area contributed by atoms with E-state index in [0.717, 1.165) is 0 Å². The summed E-state index contributed by atoms with van der Waals surface area (Å²) in [4.78, 5) is 22.2. The molecule has 2 N–H and O–H groups in total. The van der Waals surface area contributed by atoms with Crippen LogP contribution in [0.15, 0.2) is 0 Å². The molecule has 1 heterocycles. The lowest BCUT2D eigenvalue weighted by Gasteiger charge is -2.02. The number of carboxylic acids is 1. The van der Waals surface area contributed by atoms with Gasteiger partial charge in [-0.15, -0.1) is 0 Å². The van der Waals surface area contributed by atoms with Crippen LogP contribution in [-0.2, 0) is 4.79 Å². The Morgan fingerprint density at radius 1 is 1.90 bits per heavy atom. The molecular formula is C5H8N2O3. The average molecular weight is 144 g/mol. The summed E-state index contributed by atoms with van der Waals surface area (Å²) in [5.41, 5.74) is 0. The van der Waals surface area contributed by atoms with Crippen molar-refractivity contribution in [1.29, 1.82) is 0 Å². The molecule has 1 fully saturated rings. The predicted octanol–water partition coefficient (Wildman–Crippen LogP) is -0.905. The number of likely N-dealkylation sites (N-methyl/N-ethyl adjacent to an activating group) is 1. The van der Waals surface area contributed by atoms with Gasteiger partial charge in [0.2, 0.25) is 0 Å². The van der Waals surface area contributed by atoms with Gasteiger partial charge in [0, 0.05) is 7.05 Å². The molecule has 0 aromatic heterocycles. The molecule has 0 radical (unpaired) electrons. The monoisotopic (exact) mass is 144 g/mol. The molecule has 0 aromatic carbocycles. The Hall–Kier alpha value is -1.26. The smallest absolute Gasteiger partial charge is 0.328 e. The highest BCUT2D eigenvalue weighted by atomic mass is 16.4. The normalized spacial score (nSPS) is 24.7. The van der Waals surface area contributed by atoms with Gasteiger partial charge in [0.1, 0.15) is 6.04 Å². The Balaban J connectivity index is 2.57. The molecule has 0 spiro atoms. The molecule has 0 aromatic rings. The van der Waals surface area contributed by atoms with Gasteiger partial charge in [-0.25, -0.2) is 9.59 Å². The molecule has 1 rings (SSSR count). The lowest BCUT2D eigenvalue weighted by atomic mass is 10.3. The van der Waals surface area contributed by atoms with E-state index >= 15 is 0 Å². The number of amides is 2. The minimum atomic E-state index is -0.988. The van der Waals surface area contributed by atoms with Crippen LogP contribution in [0.1, 0.15) is 0 Å². The van der Waals surface area contributed by atoms with Crippen molar-refractivity contribution >= 4 is 12.0 Å². The van der Waals surface area contributed by atoms with Crippen molar-refractivity contribution < 1.29 is 14.7 Å². The molecule has 1 saturated heterocycles. The minimum Gasteiger partial charge on any atom is -0.480 e. The first-order valence-corrected chi connectivity index (χ1v) is 2.85. The van der Waals surface area contributed by atoms with Crippen molar-refractivity contribution in [3.05, 3.63) is 0 Å². The fourth-order valence-electron chi connectivity index (χ4n) is 0.801. The first-order chi connectivity index (χ1) is 4.61. The number of carbonyl (C=O) groups excluding carboxylic acids is 1. The average Bonchev–Trinajstić information content (AvgIpc) is 2.13. The van der Waals surface area contributed by atoms with E-state index in [1.807, 2.05) is 0 Å². The van der Waals surface area contributed by atoms with Crippen molar-refractivity contribution in [2.24, 2.45) is 0 Å². The molecule has 0 bridgehead atoms. The summed E-state index contributed by atoms with van der Waals surface area (Å²) in [6.45, 7) is 0.244. The van der Waals surface area contributed by atoms with E-state index < -0.39 is 12.0 Å². The zero-order chi connectivity index (χ0) is 7.72. The van der Waals surface area contributed by atoms with Crippen molar-refractivity contribution in [1.82, 2.24) is 10.2 Å². The molecule has 1 aliphatic rings. The zero-order valence-corrected chi connectivity index (χ0v) is 5.50. The quantitative estimate of drug-likeness (QED) is 0.500. The molecular weight excluding hydrogens is 136 g/mol. The molecule has 10 heavy (non-hydrogen) atoms. The molecule has 5 heteroatoms. The number of carboxylic acid groups (broad SMARTS) is 1. The largest absolute Gasteiger partial charge is 0.480 e. The van der Waals surface area contributed by atoms with Gasteiger partial charge in [0.25, 0.3) is 0 Å². The number of carbonyl (C=O) groups is 2. The SMILES string of the molecule is CN1CC(C(=O)O)NC1=O. The lowest BCUT2D eigenvalue weighted by molar-refractivity contribution is -0.138.